The van der Waals surface area contributed by atoms with E-state index >= 15 is 0 Å². The Morgan fingerprint density at radius 1 is 0.743 bits per heavy atom. The minimum Gasteiger partial charge on any atom is -0.422 e. The Balaban J connectivity index is 1.79. The van der Waals surface area contributed by atoms with Crippen LogP contribution in [0.3, 0.4) is 0 Å². The molecule has 0 radical (unpaired) electrons. The predicted octanol–water partition coefficient (Wildman–Crippen LogP) is 3.39. The van der Waals surface area contributed by atoms with Crippen LogP contribution in [-0.2, 0) is 0 Å². The number of ether oxygens (including phenoxy) is 1. The van der Waals surface area contributed by atoms with E-state index in [2.05, 4.69) is 10.5 Å². The van der Waals surface area contributed by atoms with Crippen LogP contribution >= 0.6 is 0 Å². The Labute approximate surface area is 194 Å². The van der Waals surface area contributed by atoms with Crippen LogP contribution in [0.4, 0.5) is 17.1 Å². The molecule has 0 aromatic heterocycles. The largest absolute Gasteiger partial charge is 0.422 e. The van der Waals surface area contributed by atoms with E-state index in [1.807, 2.05) is 0 Å². The zero-order valence-electron chi connectivity index (χ0n) is 17.4. The van der Waals surface area contributed by atoms with Gasteiger partial charge in [0.15, 0.2) is 0 Å². The maximum atomic E-state index is 12.4. The van der Waals surface area contributed by atoms with E-state index in [0.29, 0.717) is 0 Å². The number of esters is 1. The van der Waals surface area contributed by atoms with E-state index in [9.17, 15) is 39.9 Å². The highest BCUT2D eigenvalue weighted by Gasteiger charge is 2.16. The van der Waals surface area contributed by atoms with Gasteiger partial charge in [-0.2, -0.15) is 5.10 Å². The molecule has 0 aliphatic rings. The van der Waals surface area contributed by atoms with E-state index in [1.54, 1.807) is 0 Å². The second kappa shape index (κ2) is 10.4. The lowest BCUT2D eigenvalue weighted by atomic mass is 10.2. The van der Waals surface area contributed by atoms with E-state index in [-0.39, 0.29) is 39.5 Å². The maximum Gasteiger partial charge on any atom is 0.343 e. The normalized spacial score (nSPS) is 10.5. The van der Waals surface area contributed by atoms with Gasteiger partial charge in [0.25, 0.3) is 23.0 Å². The molecule has 3 aromatic rings. The topological polar surface area (TPSA) is 197 Å². The third-order valence-electron chi connectivity index (χ3n) is 4.43. The van der Waals surface area contributed by atoms with Crippen molar-refractivity contribution in [1.82, 2.24) is 5.43 Å². The third kappa shape index (κ3) is 6.04. The van der Waals surface area contributed by atoms with Gasteiger partial charge in [-0.1, -0.05) is 0 Å². The van der Waals surface area contributed by atoms with E-state index in [4.69, 9.17) is 4.74 Å². The van der Waals surface area contributed by atoms with Crippen LogP contribution in [0.5, 0.6) is 5.75 Å². The molecule has 0 saturated heterocycles. The highest BCUT2D eigenvalue weighted by molar-refractivity contribution is 5.96. The number of hydrazone groups is 1. The first-order valence-electron chi connectivity index (χ1n) is 9.48. The lowest BCUT2D eigenvalue weighted by molar-refractivity contribution is -0.385. The molecular weight excluding hydrogens is 466 g/mol. The molecule has 1 N–H and O–H groups in total. The van der Waals surface area contributed by atoms with Crippen molar-refractivity contribution >= 4 is 35.2 Å². The summed E-state index contributed by atoms with van der Waals surface area (Å²) in [6, 6.07) is 12.6. The van der Waals surface area contributed by atoms with Gasteiger partial charge < -0.3 is 4.74 Å². The van der Waals surface area contributed by atoms with Crippen LogP contribution < -0.4 is 10.2 Å². The number of nitro groups is 3. The summed E-state index contributed by atoms with van der Waals surface area (Å²) in [5, 5.41) is 36.3. The standard InChI is InChI=1S/C21H13N5O9/c27-20(13-1-5-16(6-2-13)24(29)30)23-22-12-15-11-18(26(33)34)9-10-19(15)35-21(28)14-3-7-17(8-4-14)25(31)32/h1-12H,(H,23,27)/b22-12+. The van der Waals surface area contributed by atoms with Crippen LogP contribution in [0.2, 0.25) is 0 Å². The number of nitrogens with one attached hydrogen (secondary N) is 1. The lowest BCUT2D eigenvalue weighted by Crippen LogP contribution is -2.17. The van der Waals surface area contributed by atoms with Crippen molar-refractivity contribution in [2.45, 2.75) is 0 Å². The number of non-ortho nitro benzene ring substituents is 3. The van der Waals surface area contributed by atoms with Crippen LogP contribution in [-0.4, -0.2) is 32.9 Å². The fraction of sp³-hybridized carbons (Fsp3) is 0. The summed E-state index contributed by atoms with van der Waals surface area (Å²) in [5.41, 5.74) is 1.41. The van der Waals surface area contributed by atoms with Crippen molar-refractivity contribution in [1.29, 1.82) is 0 Å². The Morgan fingerprint density at radius 2 is 1.23 bits per heavy atom. The second-order valence-corrected chi connectivity index (χ2v) is 6.68. The number of carbonyl (C=O) groups excluding carboxylic acids is 2. The predicted molar refractivity (Wildman–Crippen MR) is 119 cm³/mol. The molecule has 0 heterocycles. The number of amides is 1. The summed E-state index contributed by atoms with van der Waals surface area (Å²) in [7, 11) is 0. The van der Waals surface area contributed by atoms with Gasteiger partial charge in [0.1, 0.15) is 5.75 Å². The summed E-state index contributed by atoms with van der Waals surface area (Å²) < 4.78 is 5.25. The fourth-order valence-electron chi connectivity index (χ4n) is 2.68. The fourth-order valence-corrected chi connectivity index (χ4v) is 2.68. The molecule has 3 aromatic carbocycles. The molecule has 0 aliphatic carbocycles. The first-order valence-corrected chi connectivity index (χ1v) is 9.48. The number of hydrogen-bond acceptors (Lipinski definition) is 10. The number of rotatable bonds is 8. The Kier molecular flexibility index (Phi) is 7.16. The summed E-state index contributed by atoms with van der Waals surface area (Å²) in [5.74, 6) is -1.74. The highest BCUT2D eigenvalue weighted by Crippen LogP contribution is 2.24. The first-order chi connectivity index (χ1) is 16.7. The molecule has 35 heavy (non-hydrogen) atoms. The molecule has 176 valence electrons. The second-order valence-electron chi connectivity index (χ2n) is 6.68. The summed E-state index contributed by atoms with van der Waals surface area (Å²) in [6.07, 6.45) is 1.01. The van der Waals surface area contributed by atoms with Crippen LogP contribution in [0.1, 0.15) is 26.3 Å². The average Bonchev–Trinajstić information content (AvgIpc) is 2.84. The van der Waals surface area contributed by atoms with Crippen molar-refractivity contribution in [2.24, 2.45) is 5.10 Å². The van der Waals surface area contributed by atoms with Gasteiger partial charge in [-0.25, -0.2) is 10.2 Å². The van der Waals surface area contributed by atoms with Crippen LogP contribution in [0.15, 0.2) is 71.8 Å². The van der Waals surface area contributed by atoms with E-state index < -0.39 is 26.6 Å². The molecule has 14 nitrogen and oxygen atoms in total. The highest BCUT2D eigenvalue weighted by atomic mass is 16.6. The molecule has 0 fully saturated rings. The van der Waals surface area contributed by atoms with Gasteiger partial charge in [-0.05, 0) is 30.3 Å². The number of hydrogen-bond donors (Lipinski definition) is 1. The lowest BCUT2D eigenvalue weighted by Gasteiger charge is -2.07. The minimum atomic E-state index is -0.890. The Morgan fingerprint density at radius 3 is 1.74 bits per heavy atom. The third-order valence-corrected chi connectivity index (χ3v) is 4.43. The molecule has 14 heteroatoms. The van der Waals surface area contributed by atoms with Crippen molar-refractivity contribution < 1.29 is 29.1 Å². The van der Waals surface area contributed by atoms with E-state index in [0.717, 1.165) is 48.7 Å². The molecule has 1 amide bonds. The Bertz CT molecular complexity index is 1350. The van der Waals surface area contributed by atoms with Gasteiger partial charge in [-0.3, -0.25) is 35.1 Å². The number of carbonyl (C=O) groups is 2. The van der Waals surface area contributed by atoms with E-state index in [1.165, 1.54) is 24.3 Å². The zero-order chi connectivity index (χ0) is 25.5. The van der Waals surface area contributed by atoms with Crippen LogP contribution in [0, 0.1) is 30.3 Å². The number of nitrogens with zero attached hydrogens (tertiary/aromatic N) is 4. The molecule has 0 saturated carbocycles. The molecule has 0 bridgehead atoms. The van der Waals surface area contributed by atoms with Gasteiger partial charge in [0.05, 0.1) is 26.5 Å². The SMILES string of the molecule is O=C(N/N=C/c1cc([N+](=O)[O-])ccc1OC(=O)c1ccc([N+](=O)[O-])cc1)c1ccc([N+](=O)[O-])cc1. The molecule has 0 unspecified atom stereocenters. The maximum absolute atomic E-state index is 12.4. The van der Waals surface area contributed by atoms with Crippen molar-refractivity contribution in [3.05, 3.63) is 114 Å². The molecule has 0 atom stereocenters. The number of nitro benzene ring substituents is 3. The van der Waals surface area contributed by atoms with Gasteiger partial charge in [0.2, 0.25) is 0 Å². The molecular formula is C21H13N5O9. The van der Waals surface area contributed by atoms with Crippen molar-refractivity contribution in [3.63, 3.8) is 0 Å². The molecule has 0 aliphatic heterocycles. The minimum absolute atomic E-state index is 0.0108. The van der Waals surface area contributed by atoms with Gasteiger partial charge in [0, 0.05) is 47.5 Å². The first kappa shape index (κ1) is 24.1. The van der Waals surface area contributed by atoms with Gasteiger partial charge >= 0.3 is 5.97 Å². The smallest absolute Gasteiger partial charge is 0.343 e. The molecule has 3 rings (SSSR count). The van der Waals surface area contributed by atoms with Crippen molar-refractivity contribution in [3.8, 4) is 5.75 Å². The zero-order valence-corrected chi connectivity index (χ0v) is 17.4. The average molecular weight is 479 g/mol. The van der Waals surface area contributed by atoms with Crippen molar-refractivity contribution in [2.75, 3.05) is 0 Å². The summed E-state index contributed by atoms with van der Waals surface area (Å²) in [4.78, 5) is 55.2. The number of benzene rings is 3. The van der Waals surface area contributed by atoms with Gasteiger partial charge in [-0.15, -0.1) is 0 Å². The monoisotopic (exact) mass is 479 g/mol. The Hall–Kier alpha value is -5.53. The summed E-state index contributed by atoms with van der Waals surface area (Å²) >= 11 is 0. The van der Waals surface area contributed by atoms with Crippen LogP contribution in [0.25, 0.3) is 0 Å². The molecule has 0 spiro atoms. The quantitative estimate of drug-likeness (QED) is 0.165. The summed E-state index contributed by atoms with van der Waals surface area (Å²) in [6.45, 7) is 0.